The van der Waals surface area contributed by atoms with Gasteiger partial charge < -0.3 is 9.88 Å². The molecular weight excluding hydrogens is 324 g/mol. The van der Waals surface area contributed by atoms with E-state index in [9.17, 15) is 9.59 Å². The Morgan fingerprint density at radius 3 is 2.96 bits per heavy atom. The molecule has 6 nitrogen and oxygen atoms in total. The Labute approximate surface area is 142 Å². The lowest BCUT2D eigenvalue weighted by Crippen LogP contribution is -2.39. The van der Waals surface area contributed by atoms with Gasteiger partial charge in [-0.2, -0.15) is 0 Å². The Balaban J connectivity index is 1.65. The van der Waals surface area contributed by atoms with Gasteiger partial charge in [0.2, 0.25) is 0 Å². The molecule has 0 fully saturated rings. The van der Waals surface area contributed by atoms with Crippen molar-refractivity contribution in [1.82, 2.24) is 19.9 Å². The van der Waals surface area contributed by atoms with Crippen LogP contribution in [0.3, 0.4) is 0 Å². The van der Waals surface area contributed by atoms with E-state index in [-0.39, 0.29) is 11.5 Å². The minimum atomic E-state index is -0.0935. The molecule has 7 heteroatoms. The SMILES string of the molecule is Cc1nc2c(c(=O)[nH]1)CCN(C(=O)c1ccc3sc(C)nc3c1)C2. The molecule has 1 aromatic carbocycles. The van der Waals surface area contributed by atoms with Gasteiger partial charge in [0, 0.05) is 17.7 Å². The fourth-order valence-electron chi connectivity index (χ4n) is 3.10. The van der Waals surface area contributed by atoms with Gasteiger partial charge in [-0.05, 0) is 38.5 Å². The van der Waals surface area contributed by atoms with Crippen LogP contribution in [0.15, 0.2) is 23.0 Å². The highest BCUT2D eigenvalue weighted by atomic mass is 32.1. The van der Waals surface area contributed by atoms with Crippen molar-refractivity contribution in [2.45, 2.75) is 26.8 Å². The number of carbonyl (C=O) groups is 1. The molecule has 0 radical (unpaired) electrons. The van der Waals surface area contributed by atoms with Crippen LogP contribution in [0.2, 0.25) is 0 Å². The first kappa shape index (κ1) is 15.0. The van der Waals surface area contributed by atoms with Crippen LogP contribution >= 0.6 is 11.3 Å². The molecule has 2 aromatic heterocycles. The number of nitrogens with one attached hydrogen (secondary N) is 1. The first-order valence-corrected chi connectivity index (χ1v) is 8.58. The second kappa shape index (κ2) is 5.52. The number of aromatic nitrogens is 3. The Morgan fingerprint density at radius 2 is 2.12 bits per heavy atom. The molecule has 0 spiro atoms. The predicted molar refractivity (Wildman–Crippen MR) is 92.4 cm³/mol. The molecule has 122 valence electrons. The molecule has 0 aliphatic carbocycles. The van der Waals surface area contributed by atoms with E-state index in [4.69, 9.17) is 0 Å². The van der Waals surface area contributed by atoms with Crippen LogP contribution in [0.25, 0.3) is 10.2 Å². The lowest BCUT2D eigenvalue weighted by atomic mass is 10.1. The topological polar surface area (TPSA) is 79.0 Å². The van der Waals surface area contributed by atoms with Crippen LogP contribution in [-0.2, 0) is 13.0 Å². The van der Waals surface area contributed by atoms with E-state index >= 15 is 0 Å². The zero-order valence-electron chi connectivity index (χ0n) is 13.4. The van der Waals surface area contributed by atoms with Crippen molar-refractivity contribution < 1.29 is 4.79 Å². The van der Waals surface area contributed by atoms with E-state index in [1.807, 2.05) is 25.1 Å². The average molecular weight is 340 g/mol. The number of benzene rings is 1. The summed E-state index contributed by atoms with van der Waals surface area (Å²) in [7, 11) is 0. The van der Waals surface area contributed by atoms with Crippen LogP contribution in [0.1, 0.15) is 32.4 Å². The van der Waals surface area contributed by atoms with Gasteiger partial charge in [0.15, 0.2) is 0 Å². The average Bonchev–Trinajstić information content (AvgIpc) is 2.92. The molecule has 3 heterocycles. The predicted octanol–water partition coefficient (Wildman–Crippen LogP) is 2.19. The molecule has 0 saturated heterocycles. The second-order valence-electron chi connectivity index (χ2n) is 5.97. The number of amides is 1. The number of aromatic amines is 1. The third-order valence-electron chi connectivity index (χ3n) is 4.22. The van der Waals surface area contributed by atoms with E-state index in [2.05, 4.69) is 15.0 Å². The van der Waals surface area contributed by atoms with Crippen molar-refractivity contribution in [3.8, 4) is 0 Å². The number of rotatable bonds is 1. The lowest BCUT2D eigenvalue weighted by molar-refractivity contribution is 0.0731. The quantitative estimate of drug-likeness (QED) is 0.736. The Hall–Kier alpha value is -2.54. The molecular formula is C17H16N4O2S. The number of H-pyrrole nitrogens is 1. The van der Waals surface area contributed by atoms with E-state index in [1.165, 1.54) is 0 Å². The summed E-state index contributed by atoms with van der Waals surface area (Å²) in [5.41, 5.74) is 2.77. The number of nitrogens with zero attached hydrogens (tertiary/aromatic N) is 3. The van der Waals surface area contributed by atoms with Gasteiger partial charge in [-0.3, -0.25) is 9.59 Å². The Kier molecular flexibility index (Phi) is 3.45. The number of carbonyl (C=O) groups excluding carboxylic acids is 1. The molecule has 0 bridgehead atoms. The van der Waals surface area contributed by atoms with Crippen LogP contribution in [0, 0.1) is 13.8 Å². The highest BCUT2D eigenvalue weighted by Gasteiger charge is 2.25. The van der Waals surface area contributed by atoms with Crippen LogP contribution < -0.4 is 5.56 Å². The number of fused-ring (bicyclic) bond motifs is 2. The zero-order valence-corrected chi connectivity index (χ0v) is 14.2. The van der Waals surface area contributed by atoms with E-state index in [0.717, 1.165) is 15.2 Å². The van der Waals surface area contributed by atoms with Gasteiger partial charge in [0.25, 0.3) is 11.5 Å². The smallest absolute Gasteiger partial charge is 0.254 e. The van der Waals surface area contributed by atoms with E-state index in [1.54, 1.807) is 23.2 Å². The summed E-state index contributed by atoms with van der Waals surface area (Å²) in [6.45, 7) is 4.60. The lowest BCUT2D eigenvalue weighted by Gasteiger charge is -2.27. The summed E-state index contributed by atoms with van der Waals surface area (Å²) in [6.07, 6.45) is 0.530. The van der Waals surface area contributed by atoms with Crippen molar-refractivity contribution in [2.24, 2.45) is 0 Å². The van der Waals surface area contributed by atoms with E-state index in [0.29, 0.717) is 42.2 Å². The number of aryl methyl sites for hydroxylation is 2. The van der Waals surface area contributed by atoms with Crippen molar-refractivity contribution in [3.05, 3.63) is 56.2 Å². The summed E-state index contributed by atoms with van der Waals surface area (Å²) in [5, 5.41) is 0.986. The molecule has 0 unspecified atom stereocenters. The maximum Gasteiger partial charge on any atom is 0.254 e. The first-order chi connectivity index (χ1) is 11.5. The summed E-state index contributed by atoms with van der Waals surface area (Å²) < 4.78 is 1.08. The first-order valence-electron chi connectivity index (χ1n) is 7.76. The van der Waals surface area contributed by atoms with Crippen molar-refractivity contribution in [3.63, 3.8) is 0 Å². The highest BCUT2D eigenvalue weighted by molar-refractivity contribution is 7.18. The Bertz CT molecular complexity index is 1020. The van der Waals surface area contributed by atoms with Crippen LogP contribution in [0.5, 0.6) is 0 Å². The number of hydrogen-bond acceptors (Lipinski definition) is 5. The third kappa shape index (κ3) is 2.50. The molecule has 1 aliphatic heterocycles. The van der Waals surface area contributed by atoms with Crippen molar-refractivity contribution in [2.75, 3.05) is 6.54 Å². The van der Waals surface area contributed by atoms with Gasteiger partial charge >= 0.3 is 0 Å². The fraction of sp³-hybridized carbons (Fsp3) is 0.294. The molecule has 24 heavy (non-hydrogen) atoms. The summed E-state index contributed by atoms with van der Waals surface area (Å²) in [5.74, 6) is 0.528. The molecule has 1 amide bonds. The number of thiazole rings is 1. The minimum Gasteiger partial charge on any atom is -0.332 e. The third-order valence-corrected chi connectivity index (χ3v) is 5.17. The van der Waals surface area contributed by atoms with Gasteiger partial charge in [0.1, 0.15) is 5.82 Å². The van der Waals surface area contributed by atoms with Crippen LogP contribution in [-0.4, -0.2) is 32.3 Å². The molecule has 1 aliphatic rings. The standard InChI is InChI=1S/C17H16N4O2S/c1-9-18-14-8-21(6-5-12(14)16(22)19-9)17(23)11-3-4-15-13(7-11)20-10(2)24-15/h3-4,7H,5-6,8H2,1-2H3,(H,18,19,22). The highest BCUT2D eigenvalue weighted by Crippen LogP contribution is 2.24. The summed E-state index contributed by atoms with van der Waals surface area (Å²) in [6, 6.07) is 5.62. The Morgan fingerprint density at radius 1 is 1.29 bits per heavy atom. The fourth-order valence-corrected chi connectivity index (χ4v) is 3.90. The normalized spacial score (nSPS) is 14.0. The van der Waals surface area contributed by atoms with E-state index < -0.39 is 0 Å². The number of hydrogen-bond donors (Lipinski definition) is 1. The largest absolute Gasteiger partial charge is 0.332 e. The summed E-state index contributed by atoms with van der Waals surface area (Å²) in [4.78, 5) is 38.1. The molecule has 1 N–H and O–H groups in total. The minimum absolute atomic E-state index is 0.0482. The molecule has 3 aromatic rings. The van der Waals surface area contributed by atoms with Crippen molar-refractivity contribution >= 4 is 27.5 Å². The summed E-state index contributed by atoms with van der Waals surface area (Å²) >= 11 is 1.62. The second-order valence-corrected chi connectivity index (χ2v) is 7.20. The maximum absolute atomic E-state index is 12.8. The van der Waals surface area contributed by atoms with Gasteiger partial charge in [0.05, 0.1) is 27.5 Å². The van der Waals surface area contributed by atoms with Gasteiger partial charge in [-0.25, -0.2) is 9.97 Å². The van der Waals surface area contributed by atoms with Crippen molar-refractivity contribution in [1.29, 1.82) is 0 Å². The van der Waals surface area contributed by atoms with Crippen LogP contribution in [0.4, 0.5) is 0 Å². The zero-order chi connectivity index (χ0) is 16.8. The van der Waals surface area contributed by atoms with Gasteiger partial charge in [-0.15, -0.1) is 11.3 Å². The molecule has 0 saturated carbocycles. The molecule has 4 rings (SSSR count). The molecule has 0 atom stereocenters. The maximum atomic E-state index is 12.8. The van der Waals surface area contributed by atoms with Gasteiger partial charge in [-0.1, -0.05) is 0 Å². The monoisotopic (exact) mass is 340 g/mol.